The highest BCUT2D eigenvalue weighted by molar-refractivity contribution is 7.89. The maximum atomic E-state index is 13.3. The number of anilines is 1. The zero-order valence-electron chi connectivity index (χ0n) is 17.7. The van der Waals surface area contributed by atoms with Crippen LogP contribution in [-0.4, -0.2) is 19.8 Å². The third-order valence-electron chi connectivity index (χ3n) is 6.47. The monoisotopic (exact) mass is 450 g/mol. The van der Waals surface area contributed by atoms with E-state index in [1.165, 1.54) is 14.7 Å². The zero-order chi connectivity index (χ0) is 21.6. The Balaban J connectivity index is 1.47. The van der Waals surface area contributed by atoms with Crippen LogP contribution in [0.25, 0.3) is 0 Å². The fourth-order valence-electron chi connectivity index (χ4n) is 4.80. The number of nitrogens with zero attached hydrogens (tertiary/aromatic N) is 1. The van der Waals surface area contributed by atoms with Gasteiger partial charge in [0.15, 0.2) is 0 Å². The molecule has 3 aromatic rings. The molecule has 0 spiro atoms. The van der Waals surface area contributed by atoms with Crippen LogP contribution in [0.1, 0.15) is 39.9 Å². The standard InChI is InChI=1S/C25H26N2O2S2/c1-17-13-14-30-25(17)24-21-10-6-9-20(21)22-15-19(11-12-23(22)26-24)31(28,29)27(2)16-18-7-4-3-5-8-18/h3-9,11-15,20-21,24,26H,10,16H2,1-2H3. The lowest BCUT2D eigenvalue weighted by Gasteiger charge is -2.37. The number of hydrogen-bond donors (Lipinski definition) is 1. The van der Waals surface area contributed by atoms with Crippen LogP contribution in [0.5, 0.6) is 0 Å². The lowest BCUT2D eigenvalue weighted by atomic mass is 9.78. The molecule has 0 saturated heterocycles. The molecule has 160 valence electrons. The maximum absolute atomic E-state index is 13.3. The minimum atomic E-state index is -3.58. The minimum Gasteiger partial charge on any atom is -0.377 e. The van der Waals surface area contributed by atoms with E-state index < -0.39 is 10.0 Å². The molecule has 6 heteroatoms. The van der Waals surface area contributed by atoms with Gasteiger partial charge in [-0.05, 0) is 65.6 Å². The summed E-state index contributed by atoms with van der Waals surface area (Å²) < 4.78 is 28.0. The van der Waals surface area contributed by atoms with Crippen molar-refractivity contribution in [1.82, 2.24) is 4.31 Å². The van der Waals surface area contributed by atoms with E-state index in [4.69, 9.17) is 0 Å². The first kappa shape index (κ1) is 20.5. The first-order valence-electron chi connectivity index (χ1n) is 10.6. The average molecular weight is 451 g/mol. The van der Waals surface area contributed by atoms with Gasteiger partial charge in [-0.2, -0.15) is 4.31 Å². The molecule has 1 aliphatic heterocycles. The Hall–Kier alpha value is -2.41. The second kappa shape index (κ2) is 7.93. The van der Waals surface area contributed by atoms with Gasteiger partial charge >= 0.3 is 0 Å². The quantitative estimate of drug-likeness (QED) is 0.507. The minimum absolute atomic E-state index is 0.234. The summed E-state index contributed by atoms with van der Waals surface area (Å²) >= 11 is 1.80. The largest absolute Gasteiger partial charge is 0.377 e. The lowest BCUT2D eigenvalue weighted by molar-refractivity contribution is 0.428. The van der Waals surface area contributed by atoms with Gasteiger partial charge in [0.05, 0.1) is 10.9 Å². The van der Waals surface area contributed by atoms with Crippen LogP contribution in [0.15, 0.2) is 77.0 Å². The van der Waals surface area contributed by atoms with E-state index >= 15 is 0 Å². The summed E-state index contributed by atoms with van der Waals surface area (Å²) in [6.45, 7) is 2.52. The van der Waals surface area contributed by atoms with E-state index in [-0.39, 0.29) is 12.0 Å². The van der Waals surface area contributed by atoms with Crippen LogP contribution in [0.2, 0.25) is 0 Å². The molecule has 0 radical (unpaired) electrons. The van der Waals surface area contributed by atoms with Crippen LogP contribution >= 0.6 is 11.3 Å². The Morgan fingerprint density at radius 3 is 2.68 bits per heavy atom. The van der Waals surface area contributed by atoms with E-state index in [0.29, 0.717) is 17.4 Å². The second-order valence-electron chi connectivity index (χ2n) is 8.44. The molecule has 4 nitrogen and oxygen atoms in total. The van der Waals surface area contributed by atoms with Gasteiger partial charge in [-0.25, -0.2) is 8.42 Å². The SMILES string of the molecule is Cc1ccsc1C1Nc2ccc(S(=O)(=O)N(C)Cc3ccccc3)cc2C2C=CCC21. The summed E-state index contributed by atoms with van der Waals surface area (Å²) in [5, 5.41) is 5.87. The Bertz CT molecular complexity index is 1230. The van der Waals surface area contributed by atoms with Crippen LogP contribution in [0.3, 0.4) is 0 Å². The molecule has 1 N–H and O–H groups in total. The van der Waals surface area contributed by atoms with E-state index in [9.17, 15) is 8.42 Å². The molecule has 2 aromatic carbocycles. The Morgan fingerprint density at radius 2 is 1.94 bits per heavy atom. The van der Waals surface area contributed by atoms with Gasteiger partial charge in [-0.1, -0.05) is 42.5 Å². The molecule has 0 saturated carbocycles. The summed E-state index contributed by atoms with van der Waals surface area (Å²) in [4.78, 5) is 1.74. The van der Waals surface area contributed by atoms with Gasteiger partial charge < -0.3 is 5.32 Å². The van der Waals surface area contributed by atoms with E-state index in [1.807, 2.05) is 42.5 Å². The van der Waals surface area contributed by atoms with Crippen molar-refractivity contribution in [3.63, 3.8) is 0 Å². The highest BCUT2D eigenvalue weighted by Crippen LogP contribution is 2.51. The van der Waals surface area contributed by atoms with Crippen molar-refractivity contribution >= 4 is 27.0 Å². The molecule has 0 fully saturated rings. The van der Waals surface area contributed by atoms with Crippen molar-refractivity contribution in [2.45, 2.75) is 36.7 Å². The number of allylic oxidation sites excluding steroid dienone is 2. The number of aryl methyl sites for hydroxylation is 1. The fourth-order valence-corrected chi connectivity index (χ4v) is 7.05. The van der Waals surface area contributed by atoms with Crippen LogP contribution in [-0.2, 0) is 16.6 Å². The van der Waals surface area contributed by atoms with Gasteiger partial charge in [0.1, 0.15) is 0 Å². The summed E-state index contributed by atoms with van der Waals surface area (Å²) in [5.41, 5.74) is 4.41. The average Bonchev–Trinajstić information content (AvgIpc) is 3.43. The smallest absolute Gasteiger partial charge is 0.243 e. The van der Waals surface area contributed by atoms with Crippen molar-refractivity contribution in [2.24, 2.45) is 5.92 Å². The van der Waals surface area contributed by atoms with Crippen LogP contribution < -0.4 is 5.32 Å². The molecule has 3 unspecified atom stereocenters. The molecule has 3 atom stereocenters. The first-order chi connectivity index (χ1) is 14.9. The predicted octanol–water partition coefficient (Wildman–Crippen LogP) is 5.70. The van der Waals surface area contributed by atoms with Crippen LogP contribution in [0, 0.1) is 12.8 Å². The molecular weight excluding hydrogens is 424 g/mol. The molecular formula is C25H26N2O2S2. The summed E-state index contributed by atoms with van der Waals surface area (Å²) in [6, 6.07) is 17.7. The Morgan fingerprint density at radius 1 is 1.13 bits per heavy atom. The van der Waals surface area contributed by atoms with E-state index in [1.54, 1.807) is 24.5 Å². The van der Waals surface area contributed by atoms with Gasteiger partial charge in [0.2, 0.25) is 10.0 Å². The molecule has 1 aromatic heterocycles. The molecule has 2 aliphatic rings. The molecule has 0 amide bonds. The summed E-state index contributed by atoms with van der Waals surface area (Å²) in [7, 11) is -1.93. The number of thiophene rings is 1. The van der Waals surface area contributed by atoms with Gasteiger partial charge in [0.25, 0.3) is 0 Å². The topological polar surface area (TPSA) is 49.4 Å². The second-order valence-corrected chi connectivity index (χ2v) is 11.4. The van der Waals surface area contributed by atoms with E-state index in [0.717, 1.165) is 23.2 Å². The molecule has 31 heavy (non-hydrogen) atoms. The van der Waals surface area contributed by atoms with Gasteiger partial charge in [0, 0.05) is 30.1 Å². The van der Waals surface area contributed by atoms with Gasteiger partial charge in [-0.15, -0.1) is 11.3 Å². The lowest BCUT2D eigenvalue weighted by Crippen LogP contribution is -2.30. The van der Waals surface area contributed by atoms with Crippen molar-refractivity contribution in [1.29, 1.82) is 0 Å². The van der Waals surface area contributed by atoms with Crippen molar-refractivity contribution in [2.75, 3.05) is 12.4 Å². The Kier molecular flexibility index (Phi) is 5.24. The highest BCUT2D eigenvalue weighted by atomic mass is 32.2. The molecule has 1 aliphatic carbocycles. The zero-order valence-corrected chi connectivity index (χ0v) is 19.3. The molecule has 0 bridgehead atoms. The number of rotatable bonds is 5. The predicted molar refractivity (Wildman–Crippen MR) is 127 cm³/mol. The fraction of sp³-hybridized carbons (Fsp3) is 0.280. The van der Waals surface area contributed by atoms with Crippen LogP contribution in [0.4, 0.5) is 5.69 Å². The summed E-state index contributed by atoms with van der Waals surface area (Å²) in [6.07, 6.45) is 5.50. The van der Waals surface area contributed by atoms with Crippen molar-refractivity contribution < 1.29 is 8.42 Å². The molecule has 2 heterocycles. The third-order valence-corrected chi connectivity index (χ3v) is 9.38. The third kappa shape index (κ3) is 3.63. The maximum Gasteiger partial charge on any atom is 0.243 e. The number of hydrogen-bond acceptors (Lipinski definition) is 4. The summed E-state index contributed by atoms with van der Waals surface area (Å²) in [5.74, 6) is 0.641. The number of fused-ring (bicyclic) bond motifs is 3. The normalized spacial score (nSPS) is 22.2. The first-order valence-corrected chi connectivity index (χ1v) is 12.9. The number of benzene rings is 2. The Labute approximate surface area is 188 Å². The number of sulfonamides is 1. The van der Waals surface area contributed by atoms with E-state index in [2.05, 4.69) is 35.8 Å². The molecule has 5 rings (SSSR count). The van der Waals surface area contributed by atoms with Crippen molar-refractivity contribution in [3.05, 3.63) is 93.7 Å². The van der Waals surface area contributed by atoms with Crippen molar-refractivity contribution in [3.8, 4) is 0 Å². The van der Waals surface area contributed by atoms with Gasteiger partial charge in [-0.3, -0.25) is 0 Å². The number of nitrogens with one attached hydrogen (secondary N) is 1. The highest BCUT2D eigenvalue weighted by Gasteiger charge is 2.39.